The Labute approximate surface area is 166 Å². The van der Waals surface area contributed by atoms with Gasteiger partial charge in [0.2, 0.25) is 0 Å². The van der Waals surface area contributed by atoms with Crippen LogP contribution >= 0.6 is 15.9 Å². The minimum Gasteiger partial charge on any atom is -0.462 e. The smallest absolute Gasteiger partial charge is 0.309 e. The van der Waals surface area contributed by atoms with Gasteiger partial charge in [-0.3, -0.25) is 4.79 Å². The van der Waals surface area contributed by atoms with E-state index in [0.29, 0.717) is 36.9 Å². The Morgan fingerprint density at radius 2 is 1.92 bits per heavy atom. The lowest BCUT2D eigenvalue weighted by Crippen LogP contribution is -2.36. The number of esters is 1. The number of hydrogen-bond acceptors (Lipinski definition) is 3. The summed E-state index contributed by atoms with van der Waals surface area (Å²) in [5.41, 5.74) is 1.16. The highest BCUT2D eigenvalue weighted by Crippen LogP contribution is 2.42. The Morgan fingerprint density at radius 1 is 1.19 bits per heavy atom. The largest absolute Gasteiger partial charge is 0.462 e. The molecular formula is C22H31BrO3. The summed E-state index contributed by atoms with van der Waals surface area (Å²) in [5, 5.41) is 0. The fourth-order valence-electron chi connectivity index (χ4n) is 4.12. The second kappa shape index (κ2) is 8.88. The van der Waals surface area contributed by atoms with Crippen LogP contribution in [-0.4, -0.2) is 18.7 Å². The summed E-state index contributed by atoms with van der Waals surface area (Å²) < 4.78 is 12.8. The maximum atomic E-state index is 12.5. The van der Waals surface area contributed by atoms with Crippen molar-refractivity contribution in [3.63, 3.8) is 0 Å². The van der Waals surface area contributed by atoms with Crippen molar-refractivity contribution in [1.29, 1.82) is 0 Å². The van der Waals surface area contributed by atoms with Gasteiger partial charge in [-0.2, -0.15) is 0 Å². The van der Waals surface area contributed by atoms with Gasteiger partial charge in [0.1, 0.15) is 6.10 Å². The molecule has 0 amide bonds. The van der Waals surface area contributed by atoms with Crippen LogP contribution in [0.3, 0.4) is 0 Å². The number of benzene rings is 1. The maximum absolute atomic E-state index is 12.5. The number of ether oxygens (including phenoxy) is 2. The standard InChI is InChI=1S/C22H31BrO3/c1-14(2)19-9-4-15(3)10-21(19)26-22(24)20-11-17(20)13-25-12-16-5-7-18(23)8-6-16/h5-8,14-15,17,19-21H,4,9-13H2,1-3H3. The summed E-state index contributed by atoms with van der Waals surface area (Å²) in [5.74, 6) is 2.13. The molecule has 0 aromatic heterocycles. The van der Waals surface area contributed by atoms with Crippen molar-refractivity contribution in [2.45, 2.75) is 59.2 Å². The zero-order chi connectivity index (χ0) is 18.7. The van der Waals surface area contributed by atoms with Gasteiger partial charge >= 0.3 is 5.97 Å². The fraction of sp³-hybridized carbons (Fsp3) is 0.682. The molecule has 0 heterocycles. The number of rotatable bonds is 7. The zero-order valence-corrected chi connectivity index (χ0v) is 17.7. The van der Waals surface area contributed by atoms with Crippen molar-refractivity contribution >= 4 is 21.9 Å². The van der Waals surface area contributed by atoms with E-state index in [2.05, 4.69) is 48.8 Å². The quantitative estimate of drug-likeness (QED) is 0.535. The molecule has 26 heavy (non-hydrogen) atoms. The van der Waals surface area contributed by atoms with Gasteiger partial charge in [-0.15, -0.1) is 0 Å². The molecule has 0 aliphatic heterocycles. The van der Waals surface area contributed by atoms with E-state index >= 15 is 0 Å². The predicted octanol–water partition coefficient (Wildman–Crippen LogP) is 5.61. The van der Waals surface area contributed by atoms with Gasteiger partial charge < -0.3 is 9.47 Å². The molecule has 2 fully saturated rings. The van der Waals surface area contributed by atoms with Crippen LogP contribution in [0.5, 0.6) is 0 Å². The van der Waals surface area contributed by atoms with Crippen molar-refractivity contribution in [3.8, 4) is 0 Å². The summed E-state index contributed by atoms with van der Waals surface area (Å²) >= 11 is 3.44. The average Bonchev–Trinajstić information content (AvgIpc) is 3.36. The van der Waals surface area contributed by atoms with Gasteiger partial charge in [0.25, 0.3) is 0 Å². The van der Waals surface area contributed by atoms with E-state index < -0.39 is 0 Å². The minimum atomic E-state index is 0.00647. The normalized spacial score (nSPS) is 31.0. The molecular weight excluding hydrogens is 392 g/mol. The first-order valence-corrected chi connectivity index (χ1v) is 10.8. The van der Waals surface area contributed by atoms with Gasteiger partial charge in [-0.25, -0.2) is 0 Å². The van der Waals surface area contributed by atoms with Gasteiger partial charge in [0.15, 0.2) is 0 Å². The van der Waals surface area contributed by atoms with E-state index in [1.165, 1.54) is 12.8 Å². The van der Waals surface area contributed by atoms with Crippen LogP contribution in [0.15, 0.2) is 28.7 Å². The molecule has 0 bridgehead atoms. The summed E-state index contributed by atoms with van der Waals surface area (Å²) in [4.78, 5) is 12.5. The number of hydrogen-bond donors (Lipinski definition) is 0. The molecule has 2 saturated carbocycles. The highest BCUT2D eigenvalue weighted by atomic mass is 79.9. The van der Waals surface area contributed by atoms with E-state index in [-0.39, 0.29) is 18.0 Å². The van der Waals surface area contributed by atoms with Gasteiger partial charge in [-0.05, 0) is 60.6 Å². The second-order valence-corrected chi connectivity index (χ2v) is 9.46. The van der Waals surface area contributed by atoms with Crippen molar-refractivity contribution in [2.75, 3.05) is 6.61 Å². The van der Waals surface area contributed by atoms with E-state index in [1.807, 2.05) is 12.1 Å². The fourth-order valence-corrected chi connectivity index (χ4v) is 4.38. The first-order chi connectivity index (χ1) is 12.4. The van der Waals surface area contributed by atoms with Crippen LogP contribution in [0.1, 0.15) is 52.0 Å². The van der Waals surface area contributed by atoms with Crippen LogP contribution in [0.25, 0.3) is 0 Å². The zero-order valence-electron chi connectivity index (χ0n) is 16.1. The van der Waals surface area contributed by atoms with Crippen LogP contribution in [0.4, 0.5) is 0 Å². The Bertz CT molecular complexity index is 598. The number of carbonyl (C=O) groups is 1. The monoisotopic (exact) mass is 422 g/mol. The third kappa shape index (κ3) is 5.32. The first-order valence-electron chi connectivity index (χ1n) is 9.96. The highest BCUT2D eigenvalue weighted by molar-refractivity contribution is 9.10. The van der Waals surface area contributed by atoms with Crippen LogP contribution in [0, 0.1) is 29.6 Å². The Kier molecular flexibility index (Phi) is 6.79. The van der Waals surface area contributed by atoms with E-state index in [9.17, 15) is 4.79 Å². The molecule has 3 rings (SSSR count). The topological polar surface area (TPSA) is 35.5 Å². The molecule has 5 atom stereocenters. The minimum absolute atomic E-state index is 0.00647. The number of halogens is 1. The van der Waals surface area contributed by atoms with Gasteiger partial charge in [-0.1, -0.05) is 55.3 Å². The molecule has 0 N–H and O–H groups in total. The van der Waals surface area contributed by atoms with Crippen LogP contribution < -0.4 is 0 Å². The van der Waals surface area contributed by atoms with Gasteiger partial charge in [0.05, 0.1) is 19.1 Å². The highest BCUT2D eigenvalue weighted by Gasteiger charge is 2.46. The molecule has 0 radical (unpaired) electrons. The SMILES string of the molecule is CC1CCC(C(C)C)C(OC(=O)C2CC2COCc2ccc(Br)cc2)C1. The van der Waals surface area contributed by atoms with Crippen molar-refractivity contribution in [3.05, 3.63) is 34.3 Å². The molecule has 0 spiro atoms. The molecule has 4 heteroatoms. The van der Waals surface area contributed by atoms with Crippen molar-refractivity contribution in [2.24, 2.45) is 29.6 Å². The van der Waals surface area contributed by atoms with E-state index in [1.54, 1.807) is 0 Å². The lowest BCUT2D eigenvalue weighted by atomic mass is 9.75. The molecule has 144 valence electrons. The van der Waals surface area contributed by atoms with Gasteiger partial charge in [0, 0.05) is 4.47 Å². The van der Waals surface area contributed by atoms with Crippen molar-refractivity contribution < 1.29 is 14.3 Å². The maximum Gasteiger partial charge on any atom is 0.309 e. The Morgan fingerprint density at radius 3 is 2.62 bits per heavy atom. The lowest BCUT2D eigenvalue weighted by Gasteiger charge is -2.36. The summed E-state index contributed by atoms with van der Waals surface area (Å²) in [6.07, 6.45) is 4.48. The van der Waals surface area contributed by atoms with E-state index in [0.717, 1.165) is 22.9 Å². The third-order valence-corrected chi connectivity index (χ3v) is 6.50. The summed E-state index contributed by atoms with van der Waals surface area (Å²) in [6.45, 7) is 8.01. The molecule has 1 aromatic rings. The lowest BCUT2D eigenvalue weighted by molar-refractivity contribution is -0.158. The summed E-state index contributed by atoms with van der Waals surface area (Å²) in [7, 11) is 0. The molecule has 5 unspecified atom stereocenters. The molecule has 2 aliphatic carbocycles. The van der Waals surface area contributed by atoms with E-state index in [4.69, 9.17) is 9.47 Å². The van der Waals surface area contributed by atoms with Crippen molar-refractivity contribution in [1.82, 2.24) is 0 Å². The summed E-state index contributed by atoms with van der Waals surface area (Å²) in [6, 6.07) is 8.15. The average molecular weight is 423 g/mol. The number of carbonyl (C=O) groups excluding carboxylic acids is 1. The molecule has 1 aromatic carbocycles. The second-order valence-electron chi connectivity index (χ2n) is 8.55. The Balaban J connectivity index is 1.41. The predicted molar refractivity (Wildman–Crippen MR) is 107 cm³/mol. The first kappa shape index (κ1) is 19.9. The molecule has 3 nitrogen and oxygen atoms in total. The third-order valence-electron chi connectivity index (χ3n) is 5.97. The Hall–Kier alpha value is -0.870. The molecule has 0 saturated heterocycles. The van der Waals surface area contributed by atoms with Crippen LogP contribution in [-0.2, 0) is 20.9 Å². The molecule has 2 aliphatic rings. The van der Waals surface area contributed by atoms with Crippen LogP contribution in [0.2, 0.25) is 0 Å².